The number of phenols is 1. The number of rotatable bonds is 10. The lowest BCUT2D eigenvalue weighted by Gasteiger charge is -2.49. The van der Waals surface area contributed by atoms with Crippen molar-refractivity contribution >= 4 is 53.2 Å². The van der Waals surface area contributed by atoms with Crippen molar-refractivity contribution < 1.29 is 38.9 Å². The Hall–Kier alpha value is -5.06. The monoisotopic (exact) mass is 615 g/mol. The molecular formula is C26H29N7O9S. The number of ether oxygens (including phenoxy) is 1. The van der Waals surface area contributed by atoms with Crippen LogP contribution >= 0.6 is 11.8 Å². The molecule has 1 aromatic heterocycles. The fourth-order valence-corrected chi connectivity index (χ4v) is 5.91. The molecule has 4 rings (SSSR count). The van der Waals surface area contributed by atoms with Crippen molar-refractivity contribution in [3.63, 3.8) is 0 Å². The number of hydrogen-bond donors (Lipinski definition) is 6. The lowest BCUT2D eigenvalue weighted by atomic mass is 10.00. The number of amides is 4. The molecule has 4 amide bonds. The van der Waals surface area contributed by atoms with E-state index in [1.165, 1.54) is 31.2 Å². The second-order valence-corrected chi connectivity index (χ2v) is 11.0. The summed E-state index contributed by atoms with van der Waals surface area (Å²) in [6.45, 7) is 4.49. The van der Waals surface area contributed by atoms with Crippen molar-refractivity contribution in [1.29, 1.82) is 0 Å². The fraction of sp³-hybridized carbons (Fsp3) is 0.346. The van der Waals surface area contributed by atoms with Gasteiger partial charge in [0.1, 0.15) is 41.2 Å². The number of β-lactam (4-membered cyclic amide) rings is 1. The van der Waals surface area contributed by atoms with Gasteiger partial charge in [0.25, 0.3) is 11.5 Å². The Morgan fingerprint density at radius 3 is 2.47 bits per heavy atom. The maximum atomic E-state index is 13.8. The first kappa shape index (κ1) is 30.9. The van der Waals surface area contributed by atoms with Crippen molar-refractivity contribution in [1.82, 2.24) is 20.2 Å². The number of H-pyrrole nitrogens is 1. The lowest BCUT2D eigenvalue weighted by Crippen LogP contribution is -2.71. The van der Waals surface area contributed by atoms with E-state index in [0.717, 1.165) is 22.9 Å². The van der Waals surface area contributed by atoms with Gasteiger partial charge in [0.05, 0.1) is 6.20 Å². The molecule has 0 radical (unpaired) electrons. The number of thioether (sulfide) groups is 1. The molecule has 3 heterocycles. The first-order chi connectivity index (χ1) is 20.3. The quantitative estimate of drug-likeness (QED) is 0.156. The van der Waals surface area contributed by atoms with E-state index in [2.05, 4.69) is 20.6 Å². The molecule has 228 valence electrons. The second kappa shape index (κ2) is 12.4. The number of esters is 1. The average molecular weight is 616 g/mol. The first-order valence-corrected chi connectivity index (χ1v) is 13.9. The van der Waals surface area contributed by atoms with E-state index < -0.39 is 52.8 Å². The van der Waals surface area contributed by atoms with Crippen LogP contribution in [0.4, 0.5) is 16.4 Å². The van der Waals surface area contributed by atoms with Gasteiger partial charge in [-0.05, 0) is 31.5 Å². The number of nitrogens with one attached hydrogen (secondary N) is 3. The average Bonchev–Trinajstić information content (AvgIpc) is 2.93. The van der Waals surface area contributed by atoms with E-state index in [1.807, 2.05) is 13.8 Å². The summed E-state index contributed by atoms with van der Waals surface area (Å²) >= 11 is 1.14. The van der Waals surface area contributed by atoms with Gasteiger partial charge in [0.2, 0.25) is 11.9 Å². The van der Waals surface area contributed by atoms with Crippen LogP contribution in [0.25, 0.3) is 0 Å². The summed E-state index contributed by atoms with van der Waals surface area (Å²) in [4.78, 5) is 84.3. The summed E-state index contributed by atoms with van der Waals surface area (Å²) in [5.41, 5.74) is 4.51. The van der Waals surface area contributed by atoms with E-state index in [0.29, 0.717) is 4.90 Å². The van der Waals surface area contributed by atoms with E-state index in [9.17, 15) is 39.0 Å². The van der Waals surface area contributed by atoms with Crippen LogP contribution in [-0.2, 0) is 23.9 Å². The molecule has 3 atom stereocenters. The number of hydrogen-bond acceptors (Lipinski definition) is 11. The van der Waals surface area contributed by atoms with Crippen molar-refractivity contribution in [2.45, 2.75) is 44.3 Å². The van der Waals surface area contributed by atoms with Crippen molar-refractivity contribution in [3.05, 3.63) is 57.6 Å². The van der Waals surface area contributed by atoms with Gasteiger partial charge >= 0.3 is 18.0 Å². The van der Waals surface area contributed by atoms with Gasteiger partial charge in [0.15, 0.2) is 0 Å². The summed E-state index contributed by atoms with van der Waals surface area (Å²) in [7, 11) is 0. The van der Waals surface area contributed by atoms with Crippen LogP contribution in [0.1, 0.15) is 32.4 Å². The van der Waals surface area contributed by atoms with Crippen molar-refractivity contribution in [2.24, 2.45) is 5.73 Å². The Balaban J connectivity index is 1.67. The van der Waals surface area contributed by atoms with Crippen LogP contribution in [0.15, 0.2) is 46.5 Å². The number of nitrogens with two attached hydrogens (primary N) is 1. The second-order valence-electron chi connectivity index (χ2n) is 9.88. The van der Waals surface area contributed by atoms with E-state index in [1.54, 1.807) is 0 Å². The molecule has 2 aromatic rings. The van der Waals surface area contributed by atoms with Gasteiger partial charge in [-0.15, -0.1) is 11.8 Å². The third-order valence-corrected chi connectivity index (χ3v) is 7.76. The SMILES string of the molecule is CC(=O)OCC1=C(C(=O)O)N2C(=O)C(NC(=O)C(c3ccc(O)cc3)N(C(N)=O)c3cnc(NC(C)C)[nH]c3=O)[C@@H]2SC1. The van der Waals surface area contributed by atoms with E-state index in [4.69, 9.17) is 10.5 Å². The smallest absolute Gasteiger partial charge is 0.352 e. The highest BCUT2D eigenvalue weighted by molar-refractivity contribution is 8.00. The van der Waals surface area contributed by atoms with Gasteiger partial charge in [-0.1, -0.05) is 12.1 Å². The Bertz CT molecular complexity index is 1560. The third-order valence-electron chi connectivity index (χ3n) is 6.42. The Labute approximate surface area is 248 Å². The summed E-state index contributed by atoms with van der Waals surface area (Å²) in [6, 6.07) is 1.11. The van der Waals surface area contributed by atoms with Gasteiger partial charge in [-0.25, -0.2) is 14.6 Å². The molecule has 0 aliphatic carbocycles. The minimum absolute atomic E-state index is 0.0803. The number of aromatic amines is 1. The normalized spacial score (nSPS) is 18.3. The summed E-state index contributed by atoms with van der Waals surface area (Å²) < 4.78 is 4.93. The summed E-state index contributed by atoms with van der Waals surface area (Å²) in [6.07, 6.45) is 1.07. The van der Waals surface area contributed by atoms with Crippen LogP contribution in [0.5, 0.6) is 5.75 Å². The molecule has 17 heteroatoms. The minimum Gasteiger partial charge on any atom is -0.508 e. The van der Waals surface area contributed by atoms with Gasteiger partial charge in [-0.3, -0.25) is 34.0 Å². The molecule has 1 saturated heterocycles. The number of carbonyl (C=O) groups is 5. The van der Waals surface area contributed by atoms with Gasteiger partial charge in [-0.2, -0.15) is 0 Å². The number of aliphatic carboxylic acids is 1. The van der Waals surface area contributed by atoms with Crippen LogP contribution in [0.3, 0.4) is 0 Å². The Morgan fingerprint density at radius 2 is 1.91 bits per heavy atom. The van der Waals surface area contributed by atoms with E-state index >= 15 is 0 Å². The lowest BCUT2D eigenvalue weighted by molar-refractivity contribution is -0.151. The number of aromatic nitrogens is 2. The van der Waals surface area contributed by atoms with Crippen LogP contribution in [0, 0.1) is 0 Å². The third kappa shape index (κ3) is 6.40. The van der Waals surface area contributed by atoms with Crippen molar-refractivity contribution in [3.8, 4) is 5.75 Å². The highest BCUT2D eigenvalue weighted by atomic mass is 32.2. The fourth-order valence-electron chi connectivity index (χ4n) is 4.58. The molecule has 7 N–H and O–H groups in total. The van der Waals surface area contributed by atoms with Crippen LogP contribution < -0.4 is 26.8 Å². The predicted molar refractivity (Wildman–Crippen MR) is 153 cm³/mol. The zero-order valence-electron chi connectivity index (χ0n) is 23.2. The molecule has 1 fully saturated rings. The topological polar surface area (TPSA) is 237 Å². The minimum atomic E-state index is -1.60. The standard InChI is InChI=1S/C26H29N7O9S/c1-11(2)29-26-28-8-16(20(36)31-26)32(25(27)41)18(13-4-6-15(35)7-5-13)21(37)30-17-22(38)33-19(24(39)40)14(9-42-12(3)34)10-43-23(17)33/h4-8,11,17-18,23,35H,9-10H2,1-3H3,(H2,27,41)(H,30,37)(H,39,40)(H2,28,29,31,36)/t17?,18?,23-/m0/s1. The summed E-state index contributed by atoms with van der Waals surface area (Å²) in [5.74, 6) is -3.62. The number of phenolic OH excluding ortho intramolecular Hbond substituents is 1. The van der Waals surface area contributed by atoms with E-state index in [-0.39, 0.29) is 52.6 Å². The molecule has 0 spiro atoms. The molecule has 2 aliphatic rings. The number of aromatic hydroxyl groups is 1. The Morgan fingerprint density at radius 1 is 1.23 bits per heavy atom. The first-order valence-electron chi connectivity index (χ1n) is 12.9. The number of nitrogens with zero attached hydrogens (tertiary/aromatic N) is 3. The zero-order chi connectivity index (χ0) is 31.6. The van der Waals surface area contributed by atoms with Crippen LogP contribution in [0.2, 0.25) is 0 Å². The highest BCUT2D eigenvalue weighted by Crippen LogP contribution is 2.41. The molecule has 1 aromatic carbocycles. The molecular weight excluding hydrogens is 586 g/mol. The van der Waals surface area contributed by atoms with Gasteiger partial charge < -0.3 is 31.3 Å². The molecule has 0 saturated carbocycles. The maximum absolute atomic E-state index is 13.8. The number of carboxylic acid groups (broad SMARTS) is 1. The largest absolute Gasteiger partial charge is 0.508 e. The number of anilines is 2. The Kier molecular flexibility index (Phi) is 8.93. The molecule has 2 aliphatic heterocycles. The number of benzene rings is 1. The number of carboxylic acids is 1. The summed E-state index contributed by atoms with van der Waals surface area (Å²) in [5, 5.41) is 24.2. The van der Waals surface area contributed by atoms with Crippen molar-refractivity contribution in [2.75, 3.05) is 22.6 Å². The van der Waals surface area contributed by atoms with Crippen LogP contribution in [-0.4, -0.2) is 84.7 Å². The van der Waals surface area contributed by atoms with Gasteiger partial charge in [0, 0.05) is 24.3 Å². The number of fused-ring (bicyclic) bond motifs is 1. The number of carbonyl (C=O) groups excluding carboxylic acids is 4. The number of primary amides is 1. The maximum Gasteiger partial charge on any atom is 0.352 e. The molecule has 0 bridgehead atoms. The highest BCUT2D eigenvalue weighted by Gasteiger charge is 2.55. The zero-order valence-corrected chi connectivity index (χ0v) is 24.0. The molecule has 2 unspecified atom stereocenters. The molecule has 43 heavy (non-hydrogen) atoms. The predicted octanol–water partition coefficient (Wildman–Crippen LogP) is 0.224. The molecule has 16 nitrogen and oxygen atoms in total. The number of urea groups is 1.